The van der Waals surface area contributed by atoms with Crippen molar-refractivity contribution in [2.24, 2.45) is 0 Å². The molecule has 0 spiro atoms. The number of halogens is 4. The van der Waals surface area contributed by atoms with Gasteiger partial charge in [0.2, 0.25) is 5.78 Å². The van der Waals surface area contributed by atoms with Crippen LogP contribution in [0.1, 0.15) is 23.2 Å². The Balaban J connectivity index is 2.36. The summed E-state index contributed by atoms with van der Waals surface area (Å²) in [6, 6.07) is 2.83. The molecule has 1 saturated carbocycles. The number of hydrogen-bond donors (Lipinski definition) is 2. The summed E-state index contributed by atoms with van der Waals surface area (Å²) in [5.74, 6) is -2.50. The van der Waals surface area contributed by atoms with Gasteiger partial charge in [-0.05, 0) is 56.8 Å². The molecule has 1 aliphatic carbocycles. The third kappa shape index (κ3) is 4.51. The highest BCUT2D eigenvalue weighted by Gasteiger charge is 2.26. The highest BCUT2D eigenvalue weighted by molar-refractivity contribution is 9.11. The van der Waals surface area contributed by atoms with Crippen molar-refractivity contribution in [1.29, 1.82) is 0 Å². The lowest BCUT2D eigenvalue weighted by molar-refractivity contribution is -0.132. The lowest BCUT2D eigenvalue weighted by Crippen LogP contribution is -2.19. The molecule has 9 heteroatoms. The predicted molar refractivity (Wildman–Crippen MR) is 84.7 cm³/mol. The maximum atomic E-state index is 12.5. The number of Topliss-reactive ketones (excluding diaryl/α,β-unsaturated/α-hetero) is 1. The summed E-state index contributed by atoms with van der Waals surface area (Å²) in [5, 5.41) is 12.0. The largest absolute Gasteiger partial charge is 0.477 e. The number of ketones is 1. The number of benzene rings is 1. The second kappa shape index (κ2) is 7.39. The van der Waals surface area contributed by atoms with Crippen LogP contribution in [0.5, 0.6) is 5.75 Å². The molecule has 0 saturated heterocycles. The molecule has 0 radical (unpaired) electrons. The molecule has 0 unspecified atom stereocenters. The van der Waals surface area contributed by atoms with Gasteiger partial charge in [0.1, 0.15) is 5.57 Å². The predicted octanol–water partition coefficient (Wildman–Crippen LogP) is 3.72. The first-order valence-corrected chi connectivity index (χ1v) is 8.07. The molecule has 2 N–H and O–H groups in total. The maximum absolute atomic E-state index is 12.5. The number of carbonyl (C=O) groups is 2. The fourth-order valence-electron chi connectivity index (χ4n) is 1.73. The molecular formula is C14H11Br2F2NO4. The Morgan fingerprint density at radius 3 is 2.52 bits per heavy atom. The van der Waals surface area contributed by atoms with Gasteiger partial charge in [-0.15, -0.1) is 0 Å². The molecule has 0 atom stereocenters. The molecule has 1 aromatic carbocycles. The maximum Gasteiger partial charge on any atom is 0.387 e. The van der Waals surface area contributed by atoms with Crippen LogP contribution in [0.4, 0.5) is 8.78 Å². The average molecular weight is 455 g/mol. The molecule has 0 aliphatic heterocycles. The fourth-order valence-corrected chi connectivity index (χ4v) is 3.03. The second-order valence-corrected chi connectivity index (χ2v) is 6.40. The van der Waals surface area contributed by atoms with Crippen molar-refractivity contribution in [3.05, 3.63) is 38.4 Å². The topological polar surface area (TPSA) is 75.6 Å². The van der Waals surface area contributed by atoms with Gasteiger partial charge >= 0.3 is 12.6 Å². The molecule has 1 fully saturated rings. The van der Waals surface area contributed by atoms with E-state index < -0.39 is 23.9 Å². The Morgan fingerprint density at radius 1 is 1.35 bits per heavy atom. The van der Waals surface area contributed by atoms with Gasteiger partial charge in [0.25, 0.3) is 0 Å². The van der Waals surface area contributed by atoms with Crippen LogP contribution in [0.2, 0.25) is 0 Å². The van der Waals surface area contributed by atoms with Crippen molar-refractivity contribution in [2.45, 2.75) is 25.5 Å². The highest BCUT2D eigenvalue weighted by Crippen LogP contribution is 2.38. The average Bonchev–Trinajstić information content (AvgIpc) is 3.27. The van der Waals surface area contributed by atoms with Crippen molar-refractivity contribution in [3.8, 4) is 5.75 Å². The number of aliphatic carboxylic acids is 1. The monoisotopic (exact) mass is 453 g/mol. The number of hydrogen-bond acceptors (Lipinski definition) is 4. The molecule has 0 amide bonds. The van der Waals surface area contributed by atoms with E-state index in [1.807, 2.05) is 0 Å². The molecule has 0 aromatic heterocycles. The van der Waals surface area contributed by atoms with Crippen LogP contribution < -0.4 is 10.1 Å². The Hall–Kier alpha value is -1.48. The summed E-state index contributed by atoms with van der Waals surface area (Å²) in [6.45, 7) is -3.08. The molecule has 124 valence electrons. The summed E-state index contributed by atoms with van der Waals surface area (Å²) in [7, 11) is 0. The van der Waals surface area contributed by atoms with Gasteiger partial charge in [-0.3, -0.25) is 4.79 Å². The van der Waals surface area contributed by atoms with E-state index in [2.05, 4.69) is 41.9 Å². The smallest absolute Gasteiger partial charge is 0.387 e. The van der Waals surface area contributed by atoms with E-state index >= 15 is 0 Å². The number of rotatable bonds is 7. The van der Waals surface area contributed by atoms with Gasteiger partial charge in [-0.1, -0.05) is 0 Å². The zero-order valence-electron chi connectivity index (χ0n) is 11.5. The van der Waals surface area contributed by atoms with Crippen LogP contribution in [0.25, 0.3) is 0 Å². The van der Waals surface area contributed by atoms with Gasteiger partial charge in [-0.25, -0.2) is 4.79 Å². The fraction of sp³-hybridized carbons (Fsp3) is 0.286. The normalized spacial score (nSPS) is 14.7. The van der Waals surface area contributed by atoms with Crippen LogP contribution in [0.3, 0.4) is 0 Å². The zero-order chi connectivity index (χ0) is 17.1. The molecule has 23 heavy (non-hydrogen) atoms. The van der Waals surface area contributed by atoms with Gasteiger partial charge in [-0.2, -0.15) is 8.78 Å². The van der Waals surface area contributed by atoms with Crippen LogP contribution in [-0.2, 0) is 4.79 Å². The van der Waals surface area contributed by atoms with E-state index in [1.54, 1.807) is 0 Å². The summed E-state index contributed by atoms with van der Waals surface area (Å²) < 4.78 is 29.4. The summed E-state index contributed by atoms with van der Waals surface area (Å²) in [6.07, 6.45) is 2.96. The Morgan fingerprint density at radius 2 is 2.00 bits per heavy atom. The van der Waals surface area contributed by atoms with Gasteiger partial charge in [0, 0.05) is 17.8 Å². The third-order valence-corrected chi connectivity index (χ3v) is 4.43. The Labute approximate surface area is 147 Å². The molecule has 1 aliphatic rings. The third-order valence-electron chi connectivity index (χ3n) is 3.02. The van der Waals surface area contributed by atoms with Gasteiger partial charge in [0.05, 0.1) is 8.95 Å². The van der Waals surface area contributed by atoms with Crippen molar-refractivity contribution in [2.75, 3.05) is 0 Å². The first-order chi connectivity index (χ1) is 10.8. The Kier molecular flexibility index (Phi) is 5.74. The van der Waals surface area contributed by atoms with Gasteiger partial charge < -0.3 is 15.2 Å². The van der Waals surface area contributed by atoms with Crippen LogP contribution in [0.15, 0.2) is 32.9 Å². The van der Waals surface area contributed by atoms with Crippen LogP contribution >= 0.6 is 31.9 Å². The van der Waals surface area contributed by atoms with Gasteiger partial charge in [0.15, 0.2) is 5.75 Å². The quantitative estimate of drug-likeness (QED) is 0.284. The molecule has 2 rings (SSSR count). The first-order valence-electron chi connectivity index (χ1n) is 6.48. The summed E-state index contributed by atoms with van der Waals surface area (Å²) in [4.78, 5) is 23.7. The van der Waals surface area contributed by atoms with Crippen molar-refractivity contribution < 1.29 is 28.2 Å². The lowest BCUT2D eigenvalue weighted by Gasteiger charge is -2.12. The molecule has 0 heterocycles. The lowest BCUT2D eigenvalue weighted by atomic mass is 10.0. The number of nitrogens with one attached hydrogen (secondary N) is 1. The minimum absolute atomic E-state index is 0.0456. The minimum atomic E-state index is -3.08. The van der Waals surface area contributed by atoms with E-state index in [4.69, 9.17) is 0 Å². The molecule has 5 nitrogen and oxygen atoms in total. The molecular weight excluding hydrogens is 444 g/mol. The second-order valence-electron chi connectivity index (χ2n) is 4.75. The zero-order valence-corrected chi connectivity index (χ0v) is 14.7. The van der Waals surface area contributed by atoms with Crippen molar-refractivity contribution >= 4 is 43.6 Å². The first kappa shape index (κ1) is 17.9. The van der Waals surface area contributed by atoms with E-state index in [1.165, 1.54) is 12.1 Å². The number of carboxylic acids is 1. The van der Waals surface area contributed by atoms with E-state index in [9.17, 15) is 23.5 Å². The summed E-state index contributed by atoms with van der Waals surface area (Å²) >= 11 is 6.06. The number of ether oxygens (including phenoxy) is 1. The number of carbonyl (C=O) groups excluding carboxylic acids is 1. The van der Waals surface area contributed by atoms with E-state index in [0.29, 0.717) is 0 Å². The number of carboxylic acid groups (broad SMARTS) is 1. The SMILES string of the molecule is O=C(O)/C(=C/NC1CC1)C(=O)c1ccc(Br)c(OC(F)F)c1Br. The van der Waals surface area contributed by atoms with Crippen molar-refractivity contribution in [1.82, 2.24) is 5.32 Å². The van der Waals surface area contributed by atoms with Crippen LogP contribution in [-0.4, -0.2) is 29.5 Å². The van der Waals surface area contributed by atoms with E-state index in [0.717, 1.165) is 19.0 Å². The number of alkyl halides is 2. The highest BCUT2D eigenvalue weighted by atomic mass is 79.9. The molecule has 1 aromatic rings. The Bertz CT molecular complexity index is 675. The summed E-state index contributed by atoms with van der Waals surface area (Å²) in [5.41, 5.74) is -0.571. The van der Waals surface area contributed by atoms with Crippen LogP contribution in [0, 0.1) is 0 Å². The standard InChI is InChI=1S/C14H11Br2F2NO4/c15-9-4-3-7(10(16)12(9)23-14(17)18)11(20)8(13(21)22)5-19-6-1-2-6/h3-6,14,19H,1-2H2,(H,21,22)/b8-5+. The van der Waals surface area contributed by atoms with E-state index in [-0.39, 0.29) is 26.3 Å². The minimum Gasteiger partial charge on any atom is -0.477 e. The molecule has 0 bridgehead atoms. The van der Waals surface area contributed by atoms with Crippen molar-refractivity contribution in [3.63, 3.8) is 0 Å².